The molecule has 0 aromatic heterocycles. The minimum atomic E-state index is -0.0347. The van der Waals surface area contributed by atoms with Gasteiger partial charge in [0.05, 0.1) is 0 Å². The van der Waals surface area contributed by atoms with Gasteiger partial charge in [0.1, 0.15) is 0 Å². The van der Waals surface area contributed by atoms with Gasteiger partial charge in [-0.15, -0.1) is 0 Å². The highest BCUT2D eigenvalue weighted by Gasteiger charge is 2.36. The van der Waals surface area contributed by atoms with E-state index in [-0.39, 0.29) is 5.91 Å². The van der Waals surface area contributed by atoms with E-state index in [0.717, 1.165) is 11.4 Å². The van der Waals surface area contributed by atoms with Crippen LogP contribution in [0.5, 0.6) is 0 Å². The maximum atomic E-state index is 11.1. The van der Waals surface area contributed by atoms with Crippen LogP contribution in [0.1, 0.15) is 40.5 Å². The van der Waals surface area contributed by atoms with E-state index in [2.05, 4.69) is 37.5 Å². The molecule has 0 saturated heterocycles. The maximum absolute atomic E-state index is 11.1. The molecule has 1 aliphatic rings. The summed E-state index contributed by atoms with van der Waals surface area (Å²) in [6, 6.07) is 8.46. The molecule has 2 unspecified atom stereocenters. The van der Waals surface area contributed by atoms with Crippen LogP contribution in [0.2, 0.25) is 0 Å². The Morgan fingerprint density at radius 2 is 1.95 bits per heavy atom. The third kappa shape index (κ3) is 3.72. The molecule has 1 aromatic carbocycles. The fraction of sp³-hybridized carbons (Fsp3) is 0.562. The summed E-state index contributed by atoms with van der Waals surface area (Å²) in [5.74, 6) is 0.645. The Labute approximate surface area is 115 Å². The first kappa shape index (κ1) is 13.9. The van der Waals surface area contributed by atoms with Crippen molar-refractivity contribution in [2.75, 3.05) is 10.6 Å². The smallest absolute Gasteiger partial charge is 0.221 e. The van der Waals surface area contributed by atoms with Gasteiger partial charge in [0.25, 0.3) is 0 Å². The number of hydrogen-bond acceptors (Lipinski definition) is 2. The van der Waals surface area contributed by atoms with Gasteiger partial charge in [0, 0.05) is 24.3 Å². The number of rotatable bonds is 3. The summed E-state index contributed by atoms with van der Waals surface area (Å²) in [7, 11) is 0. The minimum absolute atomic E-state index is 0.0347. The summed E-state index contributed by atoms with van der Waals surface area (Å²) in [5, 5.41) is 6.43. The molecule has 1 saturated carbocycles. The van der Waals surface area contributed by atoms with Crippen molar-refractivity contribution in [3.8, 4) is 0 Å². The summed E-state index contributed by atoms with van der Waals surface area (Å²) in [6.07, 6.45) is 2.45. The van der Waals surface area contributed by atoms with Crippen LogP contribution in [0, 0.1) is 11.3 Å². The van der Waals surface area contributed by atoms with E-state index >= 15 is 0 Å². The average molecular weight is 260 g/mol. The van der Waals surface area contributed by atoms with E-state index in [4.69, 9.17) is 0 Å². The standard InChI is InChI=1S/C16H24N2O/c1-11-9-16(3,4)10-15(11)18-14-7-5-6-13(8-14)17-12(2)19/h5-8,11,15,18H,9-10H2,1-4H3,(H,17,19). The fourth-order valence-corrected chi connectivity index (χ4v) is 3.19. The second kappa shape index (κ2) is 5.24. The topological polar surface area (TPSA) is 41.1 Å². The molecule has 0 bridgehead atoms. The van der Waals surface area contributed by atoms with Crippen LogP contribution < -0.4 is 10.6 Å². The number of amides is 1. The largest absolute Gasteiger partial charge is 0.382 e. The van der Waals surface area contributed by atoms with Gasteiger partial charge in [-0.25, -0.2) is 0 Å². The molecule has 0 heterocycles. The van der Waals surface area contributed by atoms with Crippen LogP contribution in [0.15, 0.2) is 24.3 Å². The van der Waals surface area contributed by atoms with Crippen LogP contribution in [0.4, 0.5) is 11.4 Å². The molecule has 0 spiro atoms. The predicted molar refractivity (Wildman–Crippen MR) is 80.3 cm³/mol. The van der Waals surface area contributed by atoms with Gasteiger partial charge in [-0.1, -0.05) is 26.8 Å². The van der Waals surface area contributed by atoms with E-state index in [1.165, 1.54) is 19.8 Å². The summed E-state index contributed by atoms with van der Waals surface area (Å²) < 4.78 is 0. The first-order valence-corrected chi connectivity index (χ1v) is 7.00. The normalized spacial score (nSPS) is 25.1. The van der Waals surface area contributed by atoms with Gasteiger partial charge in [-0.3, -0.25) is 4.79 Å². The second-order valence-electron chi connectivity index (χ2n) is 6.56. The monoisotopic (exact) mass is 260 g/mol. The lowest BCUT2D eigenvalue weighted by Crippen LogP contribution is -2.22. The van der Waals surface area contributed by atoms with Crippen molar-refractivity contribution in [3.05, 3.63) is 24.3 Å². The van der Waals surface area contributed by atoms with Crippen molar-refractivity contribution in [1.82, 2.24) is 0 Å². The Kier molecular flexibility index (Phi) is 3.83. The number of carbonyl (C=O) groups excluding carboxylic acids is 1. The third-order valence-electron chi connectivity index (χ3n) is 3.87. The van der Waals surface area contributed by atoms with Gasteiger partial charge in [-0.2, -0.15) is 0 Å². The number of hydrogen-bond donors (Lipinski definition) is 2. The molecule has 0 radical (unpaired) electrons. The third-order valence-corrected chi connectivity index (χ3v) is 3.87. The molecule has 3 nitrogen and oxygen atoms in total. The van der Waals surface area contributed by atoms with Crippen molar-refractivity contribution in [1.29, 1.82) is 0 Å². The molecule has 1 aliphatic carbocycles. The van der Waals surface area contributed by atoms with E-state index in [0.29, 0.717) is 17.4 Å². The van der Waals surface area contributed by atoms with Crippen LogP contribution >= 0.6 is 0 Å². The summed E-state index contributed by atoms with van der Waals surface area (Å²) in [6.45, 7) is 8.50. The second-order valence-corrected chi connectivity index (χ2v) is 6.56. The van der Waals surface area contributed by atoms with E-state index < -0.39 is 0 Å². The molecule has 2 rings (SSSR count). The summed E-state index contributed by atoms with van der Waals surface area (Å²) in [4.78, 5) is 11.1. The Hall–Kier alpha value is -1.51. The fourth-order valence-electron chi connectivity index (χ4n) is 3.19. The average Bonchev–Trinajstić information content (AvgIpc) is 2.51. The highest BCUT2D eigenvalue weighted by molar-refractivity contribution is 5.89. The Morgan fingerprint density at radius 1 is 1.26 bits per heavy atom. The van der Waals surface area contributed by atoms with Crippen molar-refractivity contribution in [3.63, 3.8) is 0 Å². The molecule has 2 N–H and O–H groups in total. The van der Waals surface area contributed by atoms with Gasteiger partial charge < -0.3 is 10.6 Å². The highest BCUT2D eigenvalue weighted by atomic mass is 16.1. The van der Waals surface area contributed by atoms with Gasteiger partial charge >= 0.3 is 0 Å². The van der Waals surface area contributed by atoms with Gasteiger partial charge in [0.15, 0.2) is 0 Å². The summed E-state index contributed by atoms with van der Waals surface area (Å²) in [5.41, 5.74) is 2.36. The molecule has 1 aromatic rings. The molecular formula is C16H24N2O. The number of anilines is 2. The van der Waals surface area contributed by atoms with Crippen LogP contribution in [-0.2, 0) is 4.79 Å². The molecule has 1 fully saturated rings. The first-order valence-electron chi connectivity index (χ1n) is 7.00. The van der Waals surface area contributed by atoms with E-state index in [1.54, 1.807) is 0 Å². The van der Waals surface area contributed by atoms with Crippen molar-refractivity contribution >= 4 is 17.3 Å². The van der Waals surface area contributed by atoms with Crippen molar-refractivity contribution < 1.29 is 4.79 Å². The Balaban J connectivity index is 2.05. The zero-order valence-electron chi connectivity index (χ0n) is 12.3. The van der Waals surface area contributed by atoms with Crippen molar-refractivity contribution in [2.24, 2.45) is 11.3 Å². The molecule has 1 amide bonds. The minimum Gasteiger partial charge on any atom is -0.382 e. The molecule has 3 heteroatoms. The lowest BCUT2D eigenvalue weighted by Gasteiger charge is -2.20. The Morgan fingerprint density at radius 3 is 2.53 bits per heavy atom. The molecule has 2 atom stereocenters. The molecular weight excluding hydrogens is 236 g/mol. The number of nitrogens with one attached hydrogen (secondary N) is 2. The van der Waals surface area contributed by atoms with Gasteiger partial charge in [-0.05, 0) is 42.4 Å². The Bertz CT molecular complexity index is 468. The van der Waals surface area contributed by atoms with Crippen LogP contribution in [0.25, 0.3) is 0 Å². The van der Waals surface area contributed by atoms with Gasteiger partial charge in [0.2, 0.25) is 5.91 Å². The number of carbonyl (C=O) groups is 1. The van der Waals surface area contributed by atoms with Crippen LogP contribution in [-0.4, -0.2) is 11.9 Å². The lowest BCUT2D eigenvalue weighted by atomic mass is 9.91. The summed E-state index contributed by atoms with van der Waals surface area (Å²) >= 11 is 0. The molecule has 0 aliphatic heterocycles. The molecule has 19 heavy (non-hydrogen) atoms. The van der Waals surface area contributed by atoms with E-state index in [1.807, 2.05) is 18.2 Å². The maximum Gasteiger partial charge on any atom is 0.221 e. The lowest BCUT2D eigenvalue weighted by molar-refractivity contribution is -0.114. The van der Waals surface area contributed by atoms with E-state index in [9.17, 15) is 4.79 Å². The van der Waals surface area contributed by atoms with Crippen molar-refractivity contribution in [2.45, 2.75) is 46.6 Å². The quantitative estimate of drug-likeness (QED) is 0.866. The van der Waals surface area contributed by atoms with Crippen LogP contribution in [0.3, 0.4) is 0 Å². The predicted octanol–water partition coefficient (Wildman–Crippen LogP) is 3.88. The SMILES string of the molecule is CC(=O)Nc1cccc(NC2CC(C)(C)CC2C)c1. The zero-order valence-corrected chi connectivity index (χ0v) is 12.3. The molecule has 104 valence electrons. The first-order chi connectivity index (χ1) is 8.85. The highest BCUT2D eigenvalue weighted by Crippen LogP contribution is 2.42. The zero-order chi connectivity index (χ0) is 14.0. The number of benzene rings is 1.